The molecule has 0 aromatic carbocycles. The van der Waals surface area contributed by atoms with Gasteiger partial charge in [0.05, 0.1) is 19.8 Å². The third-order valence-electron chi connectivity index (χ3n) is 2.26. The number of rotatable bonds is 5. The van der Waals surface area contributed by atoms with E-state index in [1.807, 2.05) is 6.92 Å². The molecule has 0 aliphatic heterocycles. The molecule has 0 bridgehead atoms. The van der Waals surface area contributed by atoms with Gasteiger partial charge < -0.3 is 15.2 Å². The Labute approximate surface area is 94.5 Å². The highest BCUT2D eigenvalue weighted by Crippen LogP contribution is 2.13. The molecule has 0 aliphatic carbocycles. The van der Waals surface area contributed by atoms with Gasteiger partial charge >= 0.3 is 0 Å². The molecule has 1 aromatic rings. The number of ether oxygens (including phenoxy) is 1. The van der Waals surface area contributed by atoms with Crippen molar-refractivity contribution in [2.24, 2.45) is 0 Å². The van der Waals surface area contributed by atoms with Gasteiger partial charge in [0.1, 0.15) is 5.56 Å². The van der Waals surface area contributed by atoms with Crippen LogP contribution >= 0.6 is 0 Å². The molecule has 16 heavy (non-hydrogen) atoms. The zero-order valence-corrected chi connectivity index (χ0v) is 9.43. The molecule has 1 heterocycles. The fourth-order valence-electron chi connectivity index (χ4n) is 1.27. The molecule has 88 valence electrons. The highest BCUT2D eigenvalue weighted by Gasteiger charge is 2.15. The van der Waals surface area contributed by atoms with Gasteiger partial charge in [-0.25, -0.2) is 4.98 Å². The van der Waals surface area contributed by atoms with E-state index in [1.165, 1.54) is 7.11 Å². The van der Waals surface area contributed by atoms with Crippen LogP contribution in [0.2, 0.25) is 0 Å². The third-order valence-corrected chi connectivity index (χ3v) is 2.26. The molecule has 2 N–H and O–H groups in total. The number of carbonyl (C=O) groups is 1. The molecule has 0 aliphatic rings. The molecule has 1 atom stereocenters. The minimum Gasteiger partial charge on any atom is -0.480 e. The van der Waals surface area contributed by atoms with Crippen LogP contribution in [0.4, 0.5) is 0 Å². The van der Waals surface area contributed by atoms with Gasteiger partial charge in [-0.1, -0.05) is 6.92 Å². The molecule has 0 radical (unpaired) electrons. The van der Waals surface area contributed by atoms with E-state index >= 15 is 0 Å². The first-order valence-corrected chi connectivity index (χ1v) is 5.13. The summed E-state index contributed by atoms with van der Waals surface area (Å²) in [5.41, 5.74) is 0.372. The Hall–Kier alpha value is -1.62. The Morgan fingerprint density at radius 1 is 1.69 bits per heavy atom. The lowest BCUT2D eigenvalue weighted by Gasteiger charge is -2.14. The number of aromatic nitrogens is 1. The van der Waals surface area contributed by atoms with E-state index < -0.39 is 0 Å². The van der Waals surface area contributed by atoms with Crippen LogP contribution in [-0.2, 0) is 0 Å². The highest BCUT2D eigenvalue weighted by molar-refractivity contribution is 5.96. The normalized spacial score (nSPS) is 11.9. The van der Waals surface area contributed by atoms with Crippen LogP contribution in [-0.4, -0.2) is 35.8 Å². The number of methoxy groups -OCH3 is 1. The predicted octanol–water partition coefficient (Wildman–Crippen LogP) is 0.591. The molecule has 1 rings (SSSR count). The molecule has 0 fully saturated rings. The maximum absolute atomic E-state index is 11.8. The van der Waals surface area contributed by atoms with E-state index in [9.17, 15) is 4.79 Å². The summed E-state index contributed by atoms with van der Waals surface area (Å²) in [7, 11) is 1.46. The summed E-state index contributed by atoms with van der Waals surface area (Å²) >= 11 is 0. The van der Waals surface area contributed by atoms with Crippen molar-refractivity contribution in [3.05, 3.63) is 23.9 Å². The molecular weight excluding hydrogens is 208 g/mol. The number of aliphatic hydroxyl groups is 1. The van der Waals surface area contributed by atoms with E-state index in [-0.39, 0.29) is 24.4 Å². The fourth-order valence-corrected chi connectivity index (χ4v) is 1.27. The first-order valence-electron chi connectivity index (χ1n) is 5.13. The van der Waals surface area contributed by atoms with Crippen LogP contribution < -0.4 is 10.1 Å². The molecule has 5 heteroatoms. The van der Waals surface area contributed by atoms with Crippen molar-refractivity contribution >= 4 is 5.91 Å². The molecular formula is C11H16N2O3. The van der Waals surface area contributed by atoms with Crippen LogP contribution in [0.1, 0.15) is 23.7 Å². The number of nitrogens with zero attached hydrogens (tertiary/aromatic N) is 1. The molecule has 0 unspecified atom stereocenters. The van der Waals surface area contributed by atoms with Crippen molar-refractivity contribution < 1.29 is 14.6 Å². The van der Waals surface area contributed by atoms with Crippen molar-refractivity contribution in [3.63, 3.8) is 0 Å². The van der Waals surface area contributed by atoms with E-state index in [0.29, 0.717) is 12.0 Å². The van der Waals surface area contributed by atoms with Crippen molar-refractivity contribution in [2.75, 3.05) is 13.7 Å². The van der Waals surface area contributed by atoms with Gasteiger partial charge in [-0.3, -0.25) is 4.79 Å². The fraction of sp³-hybridized carbons (Fsp3) is 0.455. The predicted molar refractivity (Wildman–Crippen MR) is 59.4 cm³/mol. The topological polar surface area (TPSA) is 71.5 Å². The largest absolute Gasteiger partial charge is 0.480 e. The van der Waals surface area contributed by atoms with Gasteiger partial charge in [0.2, 0.25) is 5.88 Å². The van der Waals surface area contributed by atoms with Gasteiger partial charge in [0.25, 0.3) is 5.91 Å². The Morgan fingerprint density at radius 3 is 3.00 bits per heavy atom. The van der Waals surface area contributed by atoms with Crippen LogP contribution in [0.25, 0.3) is 0 Å². The number of carbonyl (C=O) groups excluding carboxylic acids is 1. The molecule has 1 aromatic heterocycles. The smallest absolute Gasteiger partial charge is 0.257 e. The first-order chi connectivity index (χ1) is 7.72. The minimum absolute atomic E-state index is 0.0786. The average molecular weight is 224 g/mol. The second-order valence-electron chi connectivity index (χ2n) is 3.32. The summed E-state index contributed by atoms with van der Waals surface area (Å²) in [4.78, 5) is 15.7. The lowest BCUT2D eigenvalue weighted by atomic mass is 10.2. The summed E-state index contributed by atoms with van der Waals surface area (Å²) in [6.45, 7) is 1.81. The van der Waals surface area contributed by atoms with Gasteiger partial charge in [-0.2, -0.15) is 0 Å². The Kier molecular flexibility index (Phi) is 4.72. The molecule has 0 spiro atoms. The van der Waals surface area contributed by atoms with E-state index in [1.54, 1.807) is 18.3 Å². The summed E-state index contributed by atoms with van der Waals surface area (Å²) in [6.07, 6.45) is 2.23. The van der Waals surface area contributed by atoms with Crippen LogP contribution in [0, 0.1) is 0 Å². The maximum Gasteiger partial charge on any atom is 0.257 e. The van der Waals surface area contributed by atoms with Crippen molar-refractivity contribution in [2.45, 2.75) is 19.4 Å². The monoisotopic (exact) mass is 224 g/mol. The number of pyridine rings is 1. The highest BCUT2D eigenvalue weighted by atomic mass is 16.5. The average Bonchev–Trinajstić information content (AvgIpc) is 2.35. The van der Waals surface area contributed by atoms with E-state index in [0.717, 1.165) is 0 Å². The maximum atomic E-state index is 11.8. The van der Waals surface area contributed by atoms with Crippen molar-refractivity contribution in [3.8, 4) is 5.88 Å². The first kappa shape index (κ1) is 12.4. The quantitative estimate of drug-likeness (QED) is 0.768. The molecule has 5 nitrogen and oxygen atoms in total. The second kappa shape index (κ2) is 6.07. The van der Waals surface area contributed by atoms with E-state index in [4.69, 9.17) is 9.84 Å². The number of hydrogen-bond acceptors (Lipinski definition) is 4. The van der Waals surface area contributed by atoms with Crippen LogP contribution in [0.3, 0.4) is 0 Å². The van der Waals surface area contributed by atoms with Gasteiger partial charge in [-0.15, -0.1) is 0 Å². The van der Waals surface area contributed by atoms with Crippen molar-refractivity contribution in [1.82, 2.24) is 10.3 Å². The third kappa shape index (κ3) is 2.93. The standard InChI is InChI=1S/C11H16N2O3/c1-3-8(7-14)13-10(15)9-5-4-6-12-11(9)16-2/h4-6,8,14H,3,7H2,1-2H3,(H,13,15)/t8-/m0/s1. The molecule has 1 amide bonds. The lowest BCUT2D eigenvalue weighted by Crippen LogP contribution is -2.37. The Balaban J connectivity index is 2.79. The van der Waals surface area contributed by atoms with Crippen LogP contribution in [0.15, 0.2) is 18.3 Å². The van der Waals surface area contributed by atoms with Gasteiger partial charge in [-0.05, 0) is 18.6 Å². The Morgan fingerprint density at radius 2 is 2.44 bits per heavy atom. The summed E-state index contributed by atoms with van der Waals surface area (Å²) in [5.74, 6) is -0.00126. The lowest BCUT2D eigenvalue weighted by molar-refractivity contribution is 0.0911. The van der Waals surface area contributed by atoms with E-state index in [2.05, 4.69) is 10.3 Å². The number of aliphatic hydroxyl groups excluding tert-OH is 1. The minimum atomic E-state index is -0.286. The van der Waals surface area contributed by atoms with Gasteiger partial charge in [0.15, 0.2) is 0 Å². The Bertz CT molecular complexity index is 351. The number of nitrogens with one attached hydrogen (secondary N) is 1. The van der Waals surface area contributed by atoms with Crippen LogP contribution in [0.5, 0.6) is 5.88 Å². The summed E-state index contributed by atoms with van der Waals surface area (Å²) in [6, 6.07) is 3.06. The summed E-state index contributed by atoms with van der Waals surface area (Å²) in [5, 5.41) is 11.7. The zero-order valence-electron chi connectivity index (χ0n) is 9.43. The number of amides is 1. The molecule has 0 saturated heterocycles. The van der Waals surface area contributed by atoms with Crippen molar-refractivity contribution in [1.29, 1.82) is 0 Å². The molecule has 0 saturated carbocycles. The zero-order chi connectivity index (χ0) is 12.0. The number of hydrogen-bond donors (Lipinski definition) is 2. The van der Waals surface area contributed by atoms with Gasteiger partial charge in [0, 0.05) is 6.20 Å². The second-order valence-corrected chi connectivity index (χ2v) is 3.32. The summed E-state index contributed by atoms with van der Waals surface area (Å²) < 4.78 is 4.98. The SMILES string of the molecule is CC[C@@H](CO)NC(=O)c1cccnc1OC.